The van der Waals surface area contributed by atoms with Crippen molar-refractivity contribution in [2.24, 2.45) is 0 Å². The van der Waals surface area contributed by atoms with Crippen molar-refractivity contribution >= 4 is 6.03 Å². The van der Waals surface area contributed by atoms with E-state index in [1.54, 1.807) is 29.4 Å². The Bertz CT molecular complexity index is 637. The molecule has 1 aliphatic heterocycles. The van der Waals surface area contributed by atoms with Crippen LogP contribution in [0.2, 0.25) is 0 Å². The lowest BCUT2D eigenvalue weighted by molar-refractivity contribution is 0.130. The van der Waals surface area contributed by atoms with E-state index < -0.39 is 0 Å². The van der Waals surface area contributed by atoms with Gasteiger partial charge in [-0.15, -0.1) is 0 Å². The Morgan fingerprint density at radius 2 is 1.91 bits per heavy atom. The van der Waals surface area contributed by atoms with Crippen LogP contribution in [0.15, 0.2) is 47.1 Å². The van der Waals surface area contributed by atoms with Gasteiger partial charge in [0.1, 0.15) is 11.6 Å². The lowest BCUT2D eigenvalue weighted by atomic mass is 10.2. The largest absolute Gasteiger partial charge is 0.468 e. The Balaban J connectivity index is 1.44. The first-order chi connectivity index (χ1) is 11.2. The van der Waals surface area contributed by atoms with Crippen molar-refractivity contribution in [3.63, 3.8) is 0 Å². The molecule has 1 fully saturated rings. The van der Waals surface area contributed by atoms with Crippen molar-refractivity contribution in [2.75, 3.05) is 26.2 Å². The maximum Gasteiger partial charge on any atom is 0.317 e. The van der Waals surface area contributed by atoms with Gasteiger partial charge in [0.25, 0.3) is 0 Å². The number of urea groups is 1. The summed E-state index contributed by atoms with van der Waals surface area (Å²) in [4.78, 5) is 16.2. The fraction of sp³-hybridized carbons (Fsp3) is 0.353. The van der Waals surface area contributed by atoms with Crippen LogP contribution in [0.1, 0.15) is 11.3 Å². The monoisotopic (exact) mass is 317 g/mol. The molecule has 122 valence electrons. The van der Waals surface area contributed by atoms with Crippen molar-refractivity contribution in [1.82, 2.24) is 15.1 Å². The third kappa shape index (κ3) is 4.10. The van der Waals surface area contributed by atoms with E-state index in [1.165, 1.54) is 6.07 Å². The van der Waals surface area contributed by atoms with Crippen LogP contribution >= 0.6 is 0 Å². The molecule has 1 aromatic heterocycles. The van der Waals surface area contributed by atoms with E-state index in [4.69, 9.17) is 4.42 Å². The second kappa shape index (κ2) is 7.28. The highest BCUT2D eigenvalue weighted by molar-refractivity contribution is 5.74. The summed E-state index contributed by atoms with van der Waals surface area (Å²) in [5.41, 5.74) is 0.498. The number of piperazine rings is 1. The molecule has 0 radical (unpaired) electrons. The predicted octanol–water partition coefficient (Wildman–Crippen LogP) is 2.45. The van der Waals surface area contributed by atoms with Crippen LogP contribution in [-0.4, -0.2) is 42.0 Å². The molecule has 0 atom stereocenters. The molecule has 1 N–H and O–H groups in total. The molecule has 3 rings (SSSR count). The fourth-order valence-electron chi connectivity index (χ4n) is 2.66. The van der Waals surface area contributed by atoms with Crippen molar-refractivity contribution in [2.45, 2.75) is 13.1 Å². The molecule has 5 nitrogen and oxygen atoms in total. The molecule has 2 amide bonds. The molecule has 0 saturated carbocycles. The van der Waals surface area contributed by atoms with Gasteiger partial charge < -0.3 is 14.6 Å². The molecule has 1 aliphatic rings. The van der Waals surface area contributed by atoms with Crippen molar-refractivity contribution in [1.29, 1.82) is 0 Å². The normalized spacial score (nSPS) is 15.6. The average molecular weight is 317 g/mol. The molecule has 6 heteroatoms. The summed E-state index contributed by atoms with van der Waals surface area (Å²) in [5, 5.41) is 2.78. The van der Waals surface area contributed by atoms with Gasteiger partial charge in [0.2, 0.25) is 0 Å². The highest BCUT2D eigenvalue weighted by Gasteiger charge is 2.21. The number of nitrogens with zero attached hydrogens (tertiary/aromatic N) is 2. The lowest BCUT2D eigenvalue weighted by Crippen LogP contribution is -2.51. The molecular weight excluding hydrogens is 297 g/mol. The summed E-state index contributed by atoms with van der Waals surface area (Å²) in [6, 6.07) is 10.2. The zero-order valence-electron chi connectivity index (χ0n) is 12.9. The van der Waals surface area contributed by atoms with Gasteiger partial charge in [-0.05, 0) is 18.2 Å². The van der Waals surface area contributed by atoms with Gasteiger partial charge in [-0.2, -0.15) is 0 Å². The minimum atomic E-state index is -0.295. The van der Waals surface area contributed by atoms with E-state index in [0.717, 1.165) is 25.4 Å². The Labute approximate surface area is 134 Å². The van der Waals surface area contributed by atoms with E-state index in [9.17, 15) is 9.18 Å². The number of nitrogens with one attached hydrogen (secondary N) is 1. The quantitative estimate of drug-likeness (QED) is 0.942. The SMILES string of the molecule is O=C(NCc1ccccc1F)N1CCN(Cc2ccco2)CC1. The number of halogens is 1. The zero-order chi connectivity index (χ0) is 16.1. The van der Waals surface area contributed by atoms with Gasteiger partial charge in [0.15, 0.2) is 0 Å². The summed E-state index contributed by atoms with van der Waals surface area (Å²) < 4.78 is 18.9. The summed E-state index contributed by atoms with van der Waals surface area (Å²) in [6.45, 7) is 3.88. The Morgan fingerprint density at radius 1 is 1.13 bits per heavy atom. The molecule has 0 unspecified atom stereocenters. The first-order valence-electron chi connectivity index (χ1n) is 7.73. The number of hydrogen-bond donors (Lipinski definition) is 1. The molecule has 1 aromatic carbocycles. The molecule has 2 heterocycles. The maximum absolute atomic E-state index is 13.5. The van der Waals surface area contributed by atoms with E-state index in [2.05, 4.69) is 10.2 Å². The van der Waals surface area contributed by atoms with E-state index >= 15 is 0 Å². The van der Waals surface area contributed by atoms with Gasteiger partial charge in [-0.1, -0.05) is 18.2 Å². The summed E-state index contributed by atoms with van der Waals surface area (Å²) >= 11 is 0. The number of rotatable bonds is 4. The van der Waals surface area contributed by atoms with Crippen molar-refractivity contribution in [3.05, 3.63) is 59.8 Å². The van der Waals surface area contributed by atoms with Crippen LogP contribution in [0.5, 0.6) is 0 Å². The third-order valence-electron chi connectivity index (χ3n) is 4.01. The maximum atomic E-state index is 13.5. The second-order valence-electron chi connectivity index (χ2n) is 5.59. The summed E-state index contributed by atoms with van der Waals surface area (Å²) in [5.74, 6) is 0.638. The smallest absolute Gasteiger partial charge is 0.317 e. The molecule has 23 heavy (non-hydrogen) atoms. The molecule has 0 aliphatic carbocycles. The molecule has 0 spiro atoms. The number of amides is 2. The number of carbonyl (C=O) groups is 1. The highest BCUT2D eigenvalue weighted by atomic mass is 19.1. The van der Waals surface area contributed by atoms with E-state index in [1.807, 2.05) is 12.1 Å². The lowest BCUT2D eigenvalue weighted by Gasteiger charge is -2.34. The van der Waals surface area contributed by atoms with Crippen LogP contribution in [0, 0.1) is 5.82 Å². The first-order valence-corrected chi connectivity index (χ1v) is 7.73. The zero-order valence-corrected chi connectivity index (χ0v) is 12.9. The Morgan fingerprint density at radius 3 is 2.61 bits per heavy atom. The molecule has 1 saturated heterocycles. The molecule has 0 bridgehead atoms. The minimum absolute atomic E-state index is 0.147. The summed E-state index contributed by atoms with van der Waals surface area (Å²) in [7, 11) is 0. The van der Waals surface area contributed by atoms with Gasteiger partial charge in [0, 0.05) is 38.3 Å². The number of hydrogen-bond acceptors (Lipinski definition) is 3. The average Bonchev–Trinajstić information content (AvgIpc) is 3.07. The standard InChI is InChI=1S/C17H20FN3O2/c18-16-6-2-1-4-14(16)12-19-17(22)21-9-7-20(8-10-21)13-15-5-3-11-23-15/h1-6,11H,7-10,12-13H2,(H,19,22). The second-order valence-corrected chi connectivity index (χ2v) is 5.59. The third-order valence-corrected chi connectivity index (χ3v) is 4.01. The minimum Gasteiger partial charge on any atom is -0.468 e. The van der Waals surface area contributed by atoms with Gasteiger partial charge in [-0.3, -0.25) is 4.90 Å². The van der Waals surface area contributed by atoms with Gasteiger partial charge in [0.05, 0.1) is 12.8 Å². The van der Waals surface area contributed by atoms with Crippen LogP contribution in [0.25, 0.3) is 0 Å². The van der Waals surface area contributed by atoms with Crippen LogP contribution < -0.4 is 5.32 Å². The van der Waals surface area contributed by atoms with Crippen LogP contribution in [0.3, 0.4) is 0 Å². The Hall–Kier alpha value is -2.34. The Kier molecular flexibility index (Phi) is 4.92. The van der Waals surface area contributed by atoms with Crippen LogP contribution in [-0.2, 0) is 13.1 Å². The first kappa shape index (κ1) is 15.6. The number of furan rings is 1. The predicted molar refractivity (Wildman–Crippen MR) is 84.2 cm³/mol. The van der Waals surface area contributed by atoms with Crippen molar-refractivity contribution in [3.8, 4) is 0 Å². The topological polar surface area (TPSA) is 48.7 Å². The number of carbonyl (C=O) groups excluding carboxylic acids is 1. The summed E-state index contributed by atoms with van der Waals surface area (Å²) in [6.07, 6.45) is 1.67. The fourth-order valence-corrected chi connectivity index (χ4v) is 2.66. The van der Waals surface area contributed by atoms with Crippen molar-refractivity contribution < 1.29 is 13.6 Å². The molecule has 2 aromatic rings. The van der Waals surface area contributed by atoms with Gasteiger partial charge in [-0.25, -0.2) is 9.18 Å². The molecular formula is C17H20FN3O2. The van der Waals surface area contributed by atoms with Gasteiger partial charge >= 0.3 is 6.03 Å². The number of benzene rings is 1. The highest BCUT2D eigenvalue weighted by Crippen LogP contribution is 2.10. The van der Waals surface area contributed by atoms with Crippen LogP contribution in [0.4, 0.5) is 9.18 Å². The van der Waals surface area contributed by atoms with E-state index in [0.29, 0.717) is 18.7 Å². The van der Waals surface area contributed by atoms with E-state index in [-0.39, 0.29) is 18.4 Å².